The van der Waals surface area contributed by atoms with Gasteiger partial charge in [-0.25, -0.2) is 0 Å². The van der Waals surface area contributed by atoms with Gasteiger partial charge in [-0.1, -0.05) is 6.08 Å². The predicted molar refractivity (Wildman–Crippen MR) is 33.3 cm³/mol. The fourth-order valence-corrected chi connectivity index (χ4v) is 0.306. The standard InChI is InChI=1S/C7H11/c1-5-6-7(2,3)4/h5H,1-4,6H2. The van der Waals surface area contributed by atoms with Gasteiger partial charge in [-0.15, -0.1) is 6.58 Å². The Kier molecular flexibility index (Phi) is 1.94. The van der Waals surface area contributed by atoms with Gasteiger partial charge in [0.25, 0.3) is 0 Å². The average Bonchev–Trinajstić information content (AvgIpc) is 1.30. The largest absolute Gasteiger partial charge is 0.293 e. The summed E-state index contributed by atoms with van der Waals surface area (Å²) < 4.78 is 0. The third-order valence-corrected chi connectivity index (χ3v) is 0.577. The smallest absolute Gasteiger partial charge is 0.0366 e. The van der Waals surface area contributed by atoms with Gasteiger partial charge >= 0.3 is 0 Å². The summed E-state index contributed by atoms with van der Waals surface area (Å²) in [5.74, 6) is 0. The molecule has 39 valence electrons. The highest BCUT2D eigenvalue weighted by molar-refractivity contribution is 4.92. The number of allylic oxidation sites excluding steroid dienone is 1. The second-order valence-electron chi connectivity index (χ2n) is 1.99. The molecule has 0 saturated heterocycles. The van der Waals surface area contributed by atoms with E-state index in [9.17, 15) is 0 Å². The molecule has 0 N–H and O–H groups in total. The van der Waals surface area contributed by atoms with E-state index in [1.165, 1.54) is 0 Å². The topological polar surface area (TPSA) is 0 Å². The number of hydrogen-bond donors (Lipinski definition) is 0. The molecule has 0 heteroatoms. The van der Waals surface area contributed by atoms with Gasteiger partial charge in [0.1, 0.15) is 0 Å². The second kappa shape index (κ2) is 2.06. The summed E-state index contributed by atoms with van der Waals surface area (Å²) in [5, 5.41) is 0. The lowest BCUT2D eigenvalue weighted by Gasteiger charge is -2.13. The second-order valence-corrected chi connectivity index (χ2v) is 1.99. The molecule has 1 radical (unpaired) electrons. The van der Waals surface area contributed by atoms with Crippen LogP contribution in [0.15, 0.2) is 12.7 Å². The predicted octanol–water partition coefficient (Wildman–Crippen LogP) is 2.05. The van der Waals surface area contributed by atoms with Gasteiger partial charge in [-0.2, -0.15) is 0 Å². The lowest BCUT2D eigenvalue weighted by atomic mass is 9.93. The number of hydrogen-bond acceptors (Lipinski definition) is 0. The normalized spacial score (nSPS) is 18.0. The lowest BCUT2D eigenvalue weighted by molar-refractivity contribution is 0.626. The third-order valence-electron chi connectivity index (χ3n) is 0.577. The van der Waals surface area contributed by atoms with Crippen LogP contribution in [0.5, 0.6) is 0 Å². The third kappa shape index (κ3) is 5.61. The summed E-state index contributed by atoms with van der Waals surface area (Å²) in [4.78, 5) is 0. The summed E-state index contributed by atoms with van der Waals surface area (Å²) in [5.41, 5.74) is -0.318. The van der Waals surface area contributed by atoms with Crippen molar-refractivity contribution in [3.8, 4) is 0 Å². The highest BCUT2D eigenvalue weighted by atomic mass is 14.1. The maximum absolute atomic E-state index is 3.67. The van der Waals surface area contributed by atoms with Crippen molar-refractivity contribution in [3.63, 3.8) is 0 Å². The van der Waals surface area contributed by atoms with Gasteiger partial charge < -0.3 is 0 Å². The Morgan fingerprint density at radius 1 is 1.86 bits per heavy atom. The lowest BCUT2D eigenvalue weighted by Crippen LogP contribution is -2.02. The van der Waals surface area contributed by atoms with Crippen LogP contribution in [0.1, 0.15) is 6.42 Å². The quantitative estimate of drug-likeness (QED) is 0.363. The van der Waals surface area contributed by atoms with Gasteiger partial charge in [0.05, 0.1) is 0 Å². The molecular formula is C7H11. The van der Waals surface area contributed by atoms with Crippen molar-refractivity contribution in [3.05, 3.63) is 33.4 Å². The van der Waals surface area contributed by atoms with Gasteiger partial charge in [0.15, 0.2) is 0 Å². The first-order chi connectivity index (χ1) is 3.06. The minimum atomic E-state index is -0.318. The molecule has 0 rings (SSSR count). The van der Waals surface area contributed by atoms with Crippen LogP contribution in [0.2, 0.25) is 0 Å². The molecule has 0 spiro atoms. The van der Waals surface area contributed by atoms with E-state index < -0.39 is 0 Å². The molecule has 0 aromatic heterocycles. The molecule has 0 aromatic rings. The molecule has 0 aliphatic carbocycles. The molecule has 0 fully saturated rings. The Morgan fingerprint density at radius 2 is 2.29 bits per heavy atom. The van der Waals surface area contributed by atoms with Crippen molar-refractivity contribution in [2.75, 3.05) is 0 Å². The Labute approximate surface area is 46.2 Å². The van der Waals surface area contributed by atoms with Gasteiger partial charge in [0.2, 0.25) is 0 Å². The number of rotatable bonds is 2. The van der Waals surface area contributed by atoms with Crippen LogP contribution >= 0.6 is 0 Å². The van der Waals surface area contributed by atoms with Crippen molar-refractivity contribution >= 4 is 0 Å². The molecule has 0 nitrogen and oxygen atoms in total. The van der Waals surface area contributed by atoms with E-state index in [0.29, 0.717) is 0 Å². The Hall–Kier alpha value is -0.390. The van der Waals surface area contributed by atoms with E-state index in [-0.39, 0.29) is 5.41 Å². The van der Waals surface area contributed by atoms with Crippen LogP contribution in [-0.2, 0) is 0 Å². The summed E-state index contributed by atoms with van der Waals surface area (Å²) in [6.07, 6.45) is 2.54. The Bertz CT molecular complexity index is 54.9. The summed E-state index contributed by atoms with van der Waals surface area (Å²) >= 11 is 0. The minimum Gasteiger partial charge on any atom is -0.293 e. The molecule has 7 heavy (non-hydrogen) atoms. The first-order valence-corrected chi connectivity index (χ1v) is 2.23. The maximum Gasteiger partial charge on any atom is 0.0366 e. The zero-order valence-electron chi connectivity index (χ0n) is 4.61. The van der Waals surface area contributed by atoms with Crippen molar-refractivity contribution in [1.29, 1.82) is 0 Å². The maximum atomic E-state index is 3.67. The van der Waals surface area contributed by atoms with Gasteiger partial charge in [-0.05, 0) is 18.8 Å². The highest BCUT2D eigenvalue weighted by Crippen LogP contribution is 2.15. The zero-order chi connectivity index (χ0) is 5.91. The SMILES string of the molecule is [CH2]C([CH2+])([CH2-])CC=C. The van der Waals surface area contributed by atoms with Crippen molar-refractivity contribution in [2.45, 2.75) is 6.42 Å². The van der Waals surface area contributed by atoms with Crippen LogP contribution in [0.4, 0.5) is 0 Å². The van der Waals surface area contributed by atoms with E-state index in [1.807, 2.05) is 0 Å². The molecule has 0 atom stereocenters. The summed E-state index contributed by atoms with van der Waals surface area (Å²) in [6.45, 7) is 14.5. The molecule has 0 aliphatic rings. The highest BCUT2D eigenvalue weighted by Gasteiger charge is 2.05. The van der Waals surface area contributed by atoms with Gasteiger partial charge in [-0.3, -0.25) is 6.92 Å². The fraction of sp³-hybridized carbons (Fsp3) is 0.286. The van der Waals surface area contributed by atoms with Crippen LogP contribution in [-0.4, -0.2) is 0 Å². The fourth-order valence-electron chi connectivity index (χ4n) is 0.306. The van der Waals surface area contributed by atoms with Crippen molar-refractivity contribution < 1.29 is 0 Å². The Morgan fingerprint density at radius 3 is 2.29 bits per heavy atom. The van der Waals surface area contributed by atoms with Crippen LogP contribution in [0.3, 0.4) is 0 Å². The monoisotopic (exact) mass is 95.1 g/mol. The molecule has 0 bridgehead atoms. The van der Waals surface area contributed by atoms with Crippen LogP contribution in [0.25, 0.3) is 0 Å². The molecular weight excluding hydrogens is 84.1 g/mol. The molecule has 0 aliphatic heterocycles. The van der Waals surface area contributed by atoms with Gasteiger partial charge in [0, 0.05) is 6.92 Å². The van der Waals surface area contributed by atoms with Crippen molar-refractivity contribution in [2.24, 2.45) is 5.41 Å². The van der Waals surface area contributed by atoms with E-state index in [0.717, 1.165) is 6.42 Å². The first kappa shape index (κ1) is 6.61. The average molecular weight is 95.2 g/mol. The summed E-state index contributed by atoms with van der Waals surface area (Å²) in [6, 6.07) is 0. The first-order valence-electron chi connectivity index (χ1n) is 2.23. The van der Waals surface area contributed by atoms with Crippen LogP contribution in [0, 0.1) is 26.2 Å². The Balaban J connectivity index is 3.34. The molecule has 0 amide bonds. The van der Waals surface area contributed by atoms with Crippen molar-refractivity contribution in [1.82, 2.24) is 0 Å². The molecule has 0 saturated carbocycles. The van der Waals surface area contributed by atoms with E-state index >= 15 is 0 Å². The van der Waals surface area contributed by atoms with E-state index in [1.54, 1.807) is 6.08 Å². The van der Waals surface area contributed by atoms with Crippen LogP contribution < -0.4 is 0 Å². The minimum absolute atomic E-state index is 0.318. The van der Waals surface area contributed by atoms with E-state index in [4.69, 9.17) is 0 Å². The molecule has 0 aromatic carbocycles. The molecule has 0 unspecified atom stereocenters. The van der Waals surface area contributed by atoms with E-state index in [2.05, 4.69) is 27.4 Å². The molecule has 0 heterocycles. The summed E-state index contributed by atoms with van der Waals surface area (Å²) in [7, 11) is 0. The zero-order valence-corrected chi connectivity index (χ0v) is 4.61.